The number of hydrogen-bond donors (Lipinski definition) is 2. The number of hydrogen-bond acceptors (Lipinski definition) is 6. The van der Waals surface area contributed by atoms with E-state index in [0.717, 1.165) is 55.2 Å². The van der Waals surface area contributed by atoms with Crippen molar-refractivity contribution in [3.8, 4) is 34.5 Å². The molecule has 266 valence electrons. The Morgan fingerprint density at radius 3 is 1.00 bits per heavy atom. The normalized spacial score (nSPS) is 12.0. The van der Waals surface area contributed by atoms with Crippen molar-refractivity contribution in [3.05, 3.63) is 193 Å². The maximum absolute atomic E-state index is 10.1. The van der Waals surface area contributed by atoms with Crippen LogP contribution in [0.15, 0.2) is 176 Å². The molecule has 2 N–H and O–H groups in total. The second kappa shape index (κ2) is 14.8. The Kier molecular flexibility index (Phi) is 9.82. The molecule has 0 amide bonds. The average molecular weight is 721 g/mol. The molecule has 0 aliphatic heterocycles. The Bertz CT molecular complexity index is 2090. The van der Waals surface area contributed by atoms with Crippen LogP contribution in [0.1, 0.15) is 22.6 Å². The SMILES string of the molecule is COc1ccc(P(Oc2ccc(C(c3ccc(O)cc3)c3ccc(O)cc3)cc2)(c2ccccc2)(c2ccc(OC)cc2)c2ccc(OC)cc2)cc1. The van der Waals surface area contributed by atoms with Gasteiger partial charge in [-0.25, -0.2) is 0 Å². The summed E-state index contributed by atoms with van der Waals surface area (Å²) >= 11 is 0. The first-order valence-electron chi connectivity index (χ1n) is 17.3. The van der Waals surface area contributed by atoms with Crippen LogP contribution in [-0.4, -0.2) is 31.5 Å². The second-order valence-electron chi connectivity index (χ2n) is 12.7. The summed E-state index contributed by atoms with van der Waals surface area (Å²) in [7, 11) is 5.00. The maximum atomic E-state index is 10.1. The number of rotatable bonds is 12. The van der Waals surface area contributed by atoms with E-state index >= 15 is 0 Å². The summed E-state index contributed by atoms with van der Waals surface area (Å²) in [5.41, 5.74) is 3.02. The zero-order valence-electron chi connectivity index (χ0n) is 29.8. The molecule has 6 nitrogen and oxygen atoms in total. The molecule has 0 fully saturated rings. The molecule has 0 unspecified atom stereocenters. The molecule has 0 radical (unpaired) electrons. The quantitative estimate of drug-likeness (QED) is 0.0975. The van der Waals surface area contributed by atoms with E-state index in [9.17, 15) is 10.2 Å². The Hall–Kier alpha value is -6.23. The molecular weight excluding hydrogens is 679 g/mol. The number of benzene rings is 7. The summed E-state index contributed by atoms with van der Waals surface area (Å²) < 4.78 is 24.8. The topological polar surface area (TPSA) is 77.4 Å². The summed E-state index contributed by atoms with van der Waals surface area (Å²) in [5, 5.41) is 24.1. The average Bonchev–Trinajstić information content (AvgIpc) is 3.22. The van der Waals surface area contributed by atoms with Crippen LogP contribution >= 0.6 is 6.83 Å². The summed E-state index contributed by atoms with van der Waals surface area (Å²) in [5.74, 6) is 3.12. The van der Waals surface area contributed by atoms with Gasteiger partial charge in [-0.3, -0.25) is 0 Å². The van der Waals surface area contributed by atoms with Gasteiger partial charge < -0.3 is 0 Å². The molecule has 0 aromatic heterocycles. The van der Waals surface area contributed by atoms with Crippen molar-refractivity contribution >= 4 is 28.0 Å². The molecule has 0 aliphatic carbocycles. The Morgan fingerprint density at radius 1 is 0.358 bits per heavy atom. The monoisotopic (exact) mass is 720 g/mol. The van der Waals surface area contributed by atoms with Gasteiger partial charge in [-0.15, -0.1) is 0 Å². The van der Waals surface area contributed by atoms with Crippen molar-refractivity contribution < 1.29 is 28.9 Å². The van der Waals surface area contributed by atoms with Crippen LogP contribution in [0.5, 0.6) is 34.5 Å². The van der Waals surface area contributed by atoms with E-state index in [0.29, 0.717) is 5.75 Å². The molecule has 0 bridgehead atoms. The molecule has 0 atom stereocenters. The van der Waals surface area contributed by atoms with Crippen LogP contribution in [0.25, 0.3) is 0 Å². The minimum absolute atomic E-state index is 0.167. The third-order valence-electron chi connectivity index (χ3n) is 9.90. The van der Waals surface area contributed by atoms with Crippen molar-refractivity contribution in [2.24, 2.45) is 0 Å². The van der Waals surface area contributed by atoms with Crippen molar-refractivity contribution in [2.75, 3.05) is 21.3 Å². The number of methoxy groups -OCH3 is 3. The van der Waals surface area contributed by atoms with Crippen molar-refractivity contribution in [1.29, 1.82) is 0 Å². The molecule has 7 aromatic carbocycles. The fourth-order valence-electron chi connectivity index (χ4n) is 7.26. The van der Waals surface area contributed by atoms with Gasteiger partial charge in [0.15, 0.2) is 0 Å². The van der Waals surface area contributed by atoms with Gasteiger partial charge in [-0.2, -0.15) is 0 Å². The van der Waals surface area contributed by atoms with Crippen molar-refractivity contribution in [1.82, 2.24) is 0 Å². The Labute approximate surface area is 310 Å². The van der Waals surface area contributed by atoms with Crippen molar-refractivity contribution in [2.45, 2.75) is 5.92 Å². The van der Waals surface area contributed by atoms with Crippen LogP contribution in [0.3, 0.4) is 0 Å². The molecule has 0 saturated carbocycles. The van der Waals surface area contributed by atoms with Gasteiger partial charge >= 0.3 is 311 Å². The minimum atomic E-state index is -4.15. The molecule has 0 heterocycles. The molecule has 0 spiro atoms. The van der Waals surface area contributed by atoms with Crippen LogP contribution in [-0.2, 0) is 0 Å². The second-order valence-corrected chi connectivity index (χ2v) is 17.1. The van der Waals surface area contributed by atoms with Crippen LogP contribution in [0.4, 0.5) is 0 Å². The van der Waals surface area contributed by atoms with E-state index in [-0.39, 0.29) is 17.4 Å². The first-order valence-corrected chi connectivity index (χ1v) is 19.4. The summed E-state index contributed by atoms with van der Waals surface area (Å²) in [6.45, 7) is -4.15. The molecule has 7 aromatic rings. The van der Waals surface area contributed by atoms with Gasteiger partial charge in [0, 0.05) is 0 Å². The predicted octanol–water partition coefficient (Wildman–Crippen LogP) is 8.45. The van der Waals surface area contributed by atoms with E-state index in [2.05, 4.69) is 72.8 Å². The van der Waals surface area contributed by atoms with Gasteiger partial charge in [0.25, 0.3) is 0 Å². The van der Waals surface area contributed by atoms with E-state index in [1.807, 2.05) is 78.9 Å². The predicted molar refractivity (Wildman–Crippen MR) is 215 cm³/mol. The Morgan fingerprint density at radius 2 is 0.660 bits per heavy atom. The van der Waals surface area contributed by atoms with Crippen LogP contribution in [0, 0.1) is 0 Å². The number of aromatic hydroxyl groups is 2. The van der Waals surface area contributed by atoms with E-state index < -0.39 is 6.83 Å². The summed E-state index contributed by atoms with van der Waals surface area (Å²) in [6, 6.07) is 57.7. The first kappa shape index (κ1) is 35.2. The van der Waals surface area contributed by atoms with Gasteiger partial charge in [-0.05, 0) is 0 Å². The number of phenols is 2. The van der Waals surface area contributed by atoms with E-state index in [1.54, 1.807) is 45.6 Å². The first-order chi connectivity index (χ1) is 25.9. The Balaban J connectivity index is 1.50. The van der Waals surface area contributed by atoms with Crippen molar-refractivity contribution in [3.63, 3.8) is 0 Å². The van der Waals surface area contributed by atoms with Gasteiger partial charge in [-0.1, -0.05) is 0 Å². The standard InChI is InChI=1S/C46H41O6P/c1-49-38-21-27-43(28-22-38)53(42-7-5-4-6-8-42,44-29-23-39(50-2)24-30-44,45-31-25-40(51-3)26-32-45)52-41-19-13-35(14-20-41)46(33-9-15-36(47)16-10-33)34-11-17-37(48)18-12-34/h4-32,46-48H,1-3H3. The molecule has 0 saturated heterocycles. The third-order valence-corrected chi connectivity index (χ3v) is 15.6. The fourth-order valence-corrected chi connectivity index (χ4v) is 12.9. The molecule has 7 rings (SSSR count). The molecule has 53 heavy (non-hydrogen) atoms. The van der Waals surface area contributed by atoms with Crippen LogP contribution in [0.2, 0.25) is 0 Å². The summed E-state index contributed by atoms with van der Waals surface area (Å²) in [6.07, 6.45) is 0. The summed E-state index contributed by atoms with van der Waals surface area (Å²) in [4.78, 5) is 0. The number of phenolic OH excluding ortho intramolecular Hbond substituents is 2. The van der Waals surface area contributed by atoms with Gasteiger partial charge in [0.2, 0.25) is 0 Å². The van der Waals surface area contributed by atoms with Gasteiger partial charge in [0.05, 0.1) is 0 Å². The number of ether oxygens (including phenoxy) is 3. The van der Waals surface area contributed by atoms with Gasteiger partial charge in [0.1, 0.15) is 0 Å². The van der Waals surface area contributed by atoms with Crippen LogP contribution < -0.4 is 40.0 Å². The zero-order chi connectivity index (χ0) is 36.9. The van der Waals surface area contributed by atoms with E-state index in [4.69, 9.17) is 18.7 Å². The third kappa shape index (κ3) is 6.32. The molecular formula is C46H41O6P. The fraction of sp³-hybridized carbons (Fsp3) is 0.0870. The van der Waals surface area contributed by atoms with E-state index in [1.165, 1.54) is 0 Å². The molecule has 7 heteroatoms. The molecule has 0 aliphatic rings. The zero-order valence-corrected chi connectivity index (χ0v) is 30.7.